The predicted octanol–water partition coefficient (Wildman–Crippen LogP) is 6.28. The molecule has 1 aliphatic rings. The van der Waals surface area contributed by atoms with E-state index in [1.54, 1.807) is 0 Å². The second kappa shape index (κ2) is 5.52. The van der Waals surface area contributed by atoms with Crippen molar-refractivity contribution >= 4 is 11.6 Å². The molecule has 0 bridgehead atoms. The third kappa shape index (κ3) is 2.32. The van der Waals surface area contributed by atoms with Crippen LogP contribution in [0.1, 0.15) is 39.3 Å². The minimum absolute atomic E-state index is 0.945. The molecular formula is C23H22O. The van der Waals surface area contributed by atoms with Gasteiger partial charge in [-0.3, -0.25) is 0 Å². The zero-order chi connectivity index (χ0) is 16.8. The molecule has 1 aliphatic carbocycles. The van der Waals surface area contributed by atoms with Gasteiger partial charge < -0.3 is 4.42 Å². The quantitative estimate of drug-likeness (QED) is 0.543. The van der Waals surface area contributed by atoms with Crippen molar-refractivity contribution < 1.29 is 4.42 Å². The summed E-state index contributed by atoms with van der Waals surface area (Å²) < 4.78 is 5.96. The van der Waals surface area contributed by atoms with Crippen molar-refractivity contribution in [3.8, 4) is 11.1 Å². The SMILES string of the molecule is Cc1ccccc1-c1c(C)ccc2c1C=C(c1cc(C)c(C)o1)C2. The Morgan fingerprint density at radius 2 is 1.62 bits per heavy atom. The van der Waals surface area contributed by atoms with E-state index in [-0.39, 0.29) is 0 Å². The summed E-state index contributed by atoms with van der Waals surface area (Å²) in [6.07, 6.45) is 3.27. The largest absolute Gasteiger partial charge is 0.461 e. The molecule has 0 N–H and O–H groups in total. The molecule has 120 valence electrons. The first-order chi connectivity index (χ1) is 11.5. The Morgan fingerprint density at radius 1 is 0.833 bits per heavy atom. The van der Waals surface area contributed by atoms with E-state index in [0.29, 0.717) is 0 Å². The van der Waals surface area contributed by atoms with E-state index in [1.165, 1.54) is 44.5 Å². The van der Waals surface area contributed by atoms with E-state index < -0.39 is 0 Å². The summed E-state index contributed by atoms with van der Waals surface area (Å²) >= 11 is 0. The molecule has 24 heavy (non-hydrogen) atoms. The molecule has 0 aliphatic heterocycles. The van der Waals surface area contributed by atoms with Gasteiger partial charge in [0.1, 0.15) is 11.5 Å². The third-order valence-electron chi connectivity index (χ3n) is 5.14. The maximum atomic E-state index is 5.96. The molecular weight excluding hydrogens is 292 g/mol. The fourth-order valence-corrected chi connectivity index (χ4v) is 3.62. The van der Waals surface area contributed by atoms with Gasteiger partial charge in [-0.2, -0.15) is 0 Å². The fraction of sp³-hybridized carbons (Fsp3) is 0.217. The van der Waals surface area contributed by atoms with Crippen LogP contribution in [0.3, 0.4) is 0 Å². The molecule has 1 aromatic heterocycles. The summed E-state index contributed by atoms with van der Waals surface area (Å²) in [4.78, 5) is 0. The smallest absolute Gasteiger partial charge is 0.130 e. The fourth-order valence-electron chi connectivity index (χ4n) is 3.62. The second-order valence-electron chi connectivity index (χ2n) is 6.84. The minimum Gasteiger partial charge on any atom is -0.461 e. The van der Waals surface area contributed by atoms with E-state index in [4.69, 9.17) is 4.42 Å². The summed E-state index contributed by atoms with van der Waals surface area (Å²) in [6, 6.07) is 15.3. The molecule has 1 heteroatoms. The van der Waals surface area contributed by atoms with E-state index in [2.05, 4.69) is 69.3 Å². The number of fused-ring (bicyclic) bond motifs is 1. The number of aryl methyl sites for hydroxylation is 4. The maximum Gasteiger partial charge on any atom is 0.130 e. The van der Waals surface area contributed by atoms with Crippen LogP contribution in [-0.4, -0.2) is 0 Å². The molecule has 0 saturated carbocycles. The van der Waals surface area contributed by atoms with Gasteiger partial charge in [-0.15, -0.1) is 0 Å². The summed E-state index contributed by atoms with van der Waals surface area (Å²) in [5.74, 6) is 2.02. The van der Waals surface area contributed by atoms with Crippen LogP contribution in [0.15, 0.2) is 46.9 Å². The van der Waals surface area contributed by atoms with Crippen LogP contribution < -0.4 is 0 Å². The van der Waals surface area contributed by atoms with Gasteiger partial charge in [-0.05, 0) is 84.4 Å². The standard InChI is InChI=1S/C23H22O/c1-14-7-5-6-8-20(14)23-15(2)9-10-18-12-19(13-21(18)23)22-11-16(3)17(4)24-22/h5-11,13H,12H2,1-4H3. The van der Waals surface area contributed by atoms with Gasteiger partial charge in [0.15, 0.2) is 0 Å². The highest BCUT2D eigenvalue weighted by Gasteiger charge is 2.22. The van der Waals surface area contributed by atoms with Gasteiger partial charge in [0, 0.05) is 6.42 Å². The van der Waals surface area contributed by atoms with Crippen molar-refractivity contribution in [1.82, 2.24) is 0 Å². The maximum absolute atomic E-state index is 5.96. The Morgan fingerprint density at radius 3 is 2.33 bits per heavy atom. The Labute approximate surface area is 143 Å². The lowest BCUT2D eigenvalue weighted by Gasteiger charge is -2.14. The number of allylic oxidation sites excluding steroid dienone is 1. The zero-order valence-electron chi connectivity index (χ0n) is 14.7. The monoisotopic (exact) mass is 314 g/mol. The van der Waals surface area contributed by atoms with Crippen LogP contribution in [-0.2, 0) is 6.42 Å². The Kier molecular flexibility index (Phi) is 3.45. The molecule has 0 radical (unpaired) electrons. The lowest BCUT2D eigenvalue weighted by Crippen LogP contribution is -1.93. The van der Waals surface area contributed by atoms with Gasteiger partial charge in [-0.25, -0.2) is 0 Å². The highest BCUT2D eigenvalue weighted by atomic mass is 16.3. The van der Waals surface area contributed by atoms with E-state index in [0.717, 1.165) is 17.9 Å². The normalized spacial score (nSPS) is 13.1. The average molecular weight is 314 g/mol. The van der Waals surface area contributed by atoms with E-state index >= 15 is 0 Å². The van der Waals surface area contributed by atoms with Crippen LogP contribution in [0.4, 0.5) is 0 Å². The second-order valence-corrected chi connectivity index (χ2v) is 6.84. The number of furan rings is 1. The first kappa shape index (κ1) is 15.0. The lowest BCUT2D eigenvalue weighted by molar-refractivity contribution is 0.518. The van der Waals surface area contributed by atoms with Crippen molar-refractivity contribution in [2.24, 2.45) is 0 Å². The molecule has 4 rings (SSSR count). The minimum atomic E-state index is 0.945. The molecule has 2 aromatic carbocycles. The Balaban J connectivity index is 1.89. The first-order valence-electron chi connectivity index (χ1n) is 8.51. The number of benzene rings is 2. The van der Waals surface area contributed by atoms with E-state index in [9.17, 15) is 0 Å². The van der Waals surface area contributed by atoms with Gasteiger partial charge in [0.25, 0.3) is 0 Å². The molecule has 0 fully saturated rings. The number of hydrogen-bond donors (Lipinski definition) is 0. The molecule has 3 aromatic rings. The van der Waals surface area contributed by atoms with Crippen LogP contribution in [0.2, 0.25) is 0 Å². The summed E-state index contributed by atoms with van der Waals surface area (Å²) in [6.45, 7) is 8.53. The van der Waals surface area contributed by atoms with Crippen molar-refractivity contribution in [3.05, 3.63) is 81.8 Å². The van der Waals surface area contributed by atoms with Crippen molar-refractivity contribution in [3.63, 3.8) is 0 Å². The van der Waals surface area contributed by atoms with E-state index in [1.807, 2.05) is 6.92 Å². The van der Waals surface area contributed by atoms with Crippen LogP contribution in [0.5, 0.6) is 0 Å². The molecule has 0 unspecified atom stereocenters. The topological polar surface area (TPSA) is 13.1 Å². The first-order valence-corrected chi connectivity index (χ1v) is 8.51. The molecule has 0 amide bonds. The molecule has 1 nitrogen and oxygen atoms in total. The summed E-state index contributed by atoms with van der Waals surface area (Å²) in [5, 5.41) is 0. The molecule has 0 atom stereocenters. The highest BCUT2D eigenvalue weighted by molar-refractivity contribution is 5.94. The Bertz CT molecular complexity index is 950. The van der Waals surface area contributed by atoms with Gasteiger partial charge in [0.2, 0.25) is 0 Å². The van der Waals surface area contributed by atoms with Gasteiger partial charge in [-0.1, -0.05) is 36.4 Å². The molecule has 0 saturated heterocycles. The number of hydrogen-bond acceptors (Lipinski definition) is 1. The van der Waals surface area contributed by atoms with Crippen molar-refractivity contribution in [2.45, 2.75) is 34.1 Å². The average Bonchev–Trinajstić information content (AvgIpc) is 3.12. The van der Waals surface area contributed by atoms with Crippen molar-refractivity contribution in [2.75, 3.05) is 0 Å². The van der Waals surface area contributed by atoms with Crippen LogP contribution in [0.25, 0.3) is 22.8 Å². The predicted molar refractivity (Wildman–Crippen MR) is 101 cm³/mol. The third-order valence-corrected chi connectivity index (χ3v) is 5.14. The number of rotatable bonds is 2. The summed E-state index contributed by atoms with van der Waals surface area (Å²) in [7, 11) is 0. The molecule has 1 heterocycles. The lowest BCUT2D eigenvalue weighted by atomic mass is 9.90. The van der Waals surface area contributed by atoms with Crippen LogP contribution in [0, 0.1) is 27.7 Å². The highest BCUT2D eigenvalue weighted by Crippen LogP contribution is 2.40. The van der Waals surface area contributed by atoms with Crippen LogP contribution >= 0.6 is 0 Å². The summed E-state index contributed by atoms with van der Waals surface area (Å²) in [5.41, 5.74) is 10.6. The molecule has 0 spiro atoms. The van der Waals surface area contributed by atoms with Gasteiger partial charge >= 0.3 is 0 Å². The van der Waals surface area contributed by atoms with Gasteiger partial charge in [0.05, 0.1) is 0 Å². The Hall–Kier alpha value is -2.54. The van der Waals surface area contributed by atoms with Crippen molar-refractivity contribution in [1.29, 1.82) is 0 Å². The zero-order valence-corrected chi connectivity index (χ0v) is 14.7.